The molecule has 3 aromatic rings. The van der Waals surface area contributed by atoms with E-state index in [0.29, 0.717) is 18.4 Å². The minimum atomic E-state index is -0.176. The van der Waals surface area contributed by atoms with Crippen molar-refractivity contribution < 1.29 is 9.15 Å². The molecule has 24 heavy (non-hydrogen) atoms. The lowest BCUT2D eigenvalue weighted by Crippen LogP contribution is -2.38. The predicted molar refractivity (Wildman–Crippen MR) is 92.0 cm³/mol. The third-order valence-electron chi connectivity index (χ3n) is 4.27. The van der Waals surface area contributed by atoms with E-state index in [2.05, 4.69) is 33.3 Å². The first-order valence-corrected chi connectivity index (χ1v) is 8.38. The fraction of sp³-hybridized carbons (Fsp3) is 0.333. The maximum atomic E-state index is 6.29. The highest BCUT2D eigenvalue weighted by Crippen LogP contribution is 2.27. The molecule has 0 amide bonds. The Kier molecular flexibility index (Phi) is 4.22. The number of benzene rings is 2. The van der Waals surface area contributed by atoms with Crippen molar-refractivity contribution in [1.82, 2.24) is 15.1 Å². The summed E-state index contributed by atoms with van der Waals surface area (Å²) in [6, 6.07) is 12.4. The van der Waals surface area contributed by atoms with Crippen LogP contribution in [0.15, 0.2) is 40.8 Å². The SMILES string of the molecule is Cc1nnc(C2CN(Cc3cc(Cl)cc4ccccc34)CCO2)o1. The van der Waals surface area contributed by atoms with E-state index in [1.807, 2.05) is 18.2 Å². The molecule has 1 saturated heterocycles. The summed E-state index contributed by atoms with van der Waals surface area (Å²) in [5, 5.41) is 11.1. The molecule has 0 bridgehead atoms. The Morgan fingerprint density at radius 2 is 2.12 bits per heavy atom. The molecule has 0 radical (unpaired) electrons. The molecule has 1 aromatic heterocycles. The molecule has 1 aliphatic rings. The Morgan fingerprint density at radius 1 is 1.25 bits per heavy atom. The second kappa shape index (κ2) is 6.51. The maximum Gasteiger partial charge on any atom is 0.246 e. The van der Waals surface area contributed by atoms with Crippen LogP contribution in [0, 0.1) is 6.92 Å². The standard InChI is InChI=1S/C18H18ClN3O2/c1-12-20-21-18(24-12)17-11-22(6-7-23-17)10-14-9-15(19)8-13-4-2-3-5-16(13)14/h2-5,8-9,17H,6-7,10-11H2,1H3. The Hall–Kier alpha value is -1.95. The molecule has 1 unspecified atom stereocenters. The number of morpholine rings is 1. The lowest BCUT2D eigenvalue weighted by Gasteiger charge is -2.31. The molecular weight excluding hydrogens is 326 g/mol. The van der Waals surface area contributed by atoms with Gasteiger partial charge in [0.25, 0.3) is 0 Å². The summed E-state index contributed by atoms with van der Waals surface area (Å²) < 4.78 is 11.3. The zero-order chi connectivity index (χ0) is 16.5. The summed E-state index contributed by atoms with van der Waals surface area (Å²) in [6.07, 6.45) is -0.176. The monoisotopic (exact) mass is 343 g/mol. The summed E-state index contributed by atoms with van der Waals surface area (Å²) in [6.45, 7) is 4.83. The quantitative estimate of drug-likeness (QED) is 0.724. The van der Waals surface area contributed by atoms with Crippen LogP contribution in [0.4, 0.5) is 0 Å². The highest BCUT2D eigenvalue weighted by atomic mass is 35.5. The predicted octanol–water partition coefficient (Wildman–Crippen LogP) is 3.76. The summed E-state index contributed by atoms with van der Waals surface area (Å²) in [5.41, 5.74) is 1.22. The summed E-state index contributed by atoms with van der Waals surface area (Å²) in [4.78, 5) is 2.34. The molecule has 2 heterocycles. The van der Waals surface area contributed by atoms with E-state index in [4.69, 9.17) is 20.8 Å². The van der Waals surface area contributed by atoms with Gasteiger partial charge < -0.3 is 9.15 Å². The average molecular weight is 344 g/mol. The van der Waals surface area contributed by atoms with Crippen molar-refractivity contribution in [1.29, 1.82) is 0 Å². The van der Waals surface area contributed by atoms with Crippen molar-refractivity contribution in [3.8, 4) is 0 Å². The molecular formula is C18H18ClN3O2. The lowest BCUT2D eigenvalue weighted by molar-refractivity contribution is -0.0456. The van der Waals surface area contributed by atoms with E-state index < -0.39 is 0 Å². The van der Waals surface area contributed by atoms with Gasteiger partial charge in [0.1, 0.15) is 6.10 Å². The van der Waals surface area contributed by atoms with Crippen LogP contribution in [0.3, 0.4) is 0 Å². The molecule has 124 valence electrons. The number of fused-ring (bicyclic) bond motifs is 1. The smallest absolute Gasteiger partial charge is 0.246 e. The largest absolute Gasteiger partial charge is 0.423 e. The fourth-order valence-corrected chi connectivity index (χ4v) is 3.41. The molecule has 1 atom stereocenters. The third-order valence-corrected chi connectivity index (χ3v) is 4.49. The number of hydrogen-bond donors (Lipinski definition) is 0. The fourth-order valence-electron chi connectivity index (χ4n) is 3.16. The van der Waals surface area contributed by atoms with E-state index in [9.17, 15) is 0 Å². The molecule has 0 saturated carbocycles. The number of halogens is 1. The molecule has 2 aromatic carbocycles. The first kappa shape index (κ1) is 15.6. The van der Waals surface area contributed by atoms with Gasteiger partial charge in [0.05, 0.1) is 6.61 Å². The molecule has 4 rings (SSSR count). The first-order chi connectivity index (χ1) is 11.7. The zero-order valence-corrected chi connectivity index (χ0v) is 14.2. The van der Waals surface area contributed by atoms with Gasteiger partial charge in [-0.3, -0.25) is 4.90 Å². The van der Waals surface area contributed by atoms with E-state index in [-0.39, 0.29) is 6.10 Å². The topological polar surface area (TPSA) is 51.4 Å². The number of aromatic nitrogens is 2. The lowest BCUT2D eigenvalue weighted by atomic mass is 10.0. The van der Waals surface area contributed by atoms with Crippen LogP contribution in [-0.4, -0.2) is 34.8 Å². The van der Waals surface area contributed by atoms with Gasteiger partial charge in [0, 0.05) is 31.6 Å². The number of rotatable bonds is 3. The van der Waals surface area contributed by atoms with Crippen molar-refractivity contribution in [3.05, 3.63) is 58.8 Å². The molecule has 0 aliphatic carbocycles. The van der Waals surface area contributed by atoms with Crippen molar-refractivity contribution in [2.24, 2.45) is 0 Å². The molecule has 6 heteroatoms. The van der Waals surface area contributed by atoms with Crippen molar-refractivity contribution in [3.63, 3.8) is 0 Å². The van der Waals surface area contributed by atoms with E-state index in [1.54, 1.807) is 6.92 Å². The molecule has 1 aliphatic heterocycles. The van der Waals surface area contributed by atoms with Crippen LogP contribution >= 0.6 is 11.6 Å². The van der Waals surface area contributed by atoms with Crippen LogP contribution in [0.5, 0.6) is 0 Å². The minimum absolute atomic E-state index is 0.176. The van der Waals surface area contributed by atoms with Crippen LogP contribution < -0.4 is 0 Å². The van der Waals surface area contributed by atoms with Gasteiger partial charge in [-0.05, 0) is 28.5 Å². The Balaban J connectivity index is 1.57. The Labute approximate surface area is 145 Å². The number of ether oxygens (including phenoxy) is 1. The molecule has 0 spiro atoms. The zero-order valence-electron chi connectivity index (χ0n) is 13.4. The summed E-state index contributed by atoms with van der Waals surface area (Å²) in [7, 11) is 0. The van der Waals surface area contributed by atoms with Gasteiger partial charge in [0.2, 0.25) is 11.8 Å². The van der Waals surface area contributed by atoms with Crippen molar-refractivity contribution in [2.75, 3.05) is 19.7 Å². The van der Waals surface area contributed by atoms with Crippen LogP contribution in [0.25, 0.3) is 10.8 Å². The van der Waals surface area contributed by atoms with Gasteiger partial charge in [-0.1, -0.05) is 35.9 Å². The van der Waals surface area contributed by atoms with E-state index in [1.165, 1.54) is 10.9 Å². The van der Waals surface area contributed by atoms with Crippen LogP contribution in [0.2, 0.25) is 5.02 Å². The van der Waals surface area contributed by atoms with Gasteiger partial charge in [-0.2, -0.15) is 0 Å². The minimum Gasteiger partial charge on any atom is -0.423 e. The summed E-state index contributed by atoms with van der Waals surface area (Å²) in [5.74, 6) is 1.11. The van der Waals surface area contributed by atoms with Crippen LogP contribution in [-0.2, 0) is 11.3 Å². The number of aryl methyl sites for hydroxylation is 1. The highest BCUT2D eigenvalue weighted by Gasteiger charge is 2.26. The number of hydrogen-bond acceptors (Lipinski definition) is 5. The van der Waals surface area contributed by atoms with Gasteiger partial charge in [-0.25, -0.2) is 0 Å². The second-order valence-electron chi connectivity index (χ2n) is 6.04. The molecule has 1 fully saturated rings. The summed E-state index contributed by atoms with van der Waals surface area (Å²) >= 11 is 6.29. The Morgan fingerprint density at radius 3 is 2.96 bits per heavy atom. The van der Waals surface area contributed by atoms with Crippen molar-refractivity contribution >= 4 is 22.4 Å². The van der Waals surface area contributed by atoms with E-state index in [0.717, 1.165) is 30.0 Å². The van der Waals surface area contributed by atoms with Gasteiger partial charge in [0.15, 0.2) is 0 Å². The first-order valence-electron chi connectivity index (χ1n) is 8.00. The number of nitrogens with zero attached hydrogens (tertiary/aromatic N) is 3. The average Bonchev–Trinajstić information content (AvgIpc) is 3.01. The van der Waals surface area contributed by atoms with Gasteiger partial charge in [-0.15, -0.1) is 10.2 Å². The van der Waals surface area contributed by atoms with Crippen molar-refractivity contribution in [2.45, 2.75) is 19.6 Å². The Bertz CT molecular complexity index is 864. The van der Waals surface area contributed by atoms with Crippen LogP contribution in [0.1, 0.15) is 23.4 Å². The van der Waals surface area contributed by atoms with E-state index >= 15 is 0 Å². The highest BCUT2D eigenvalue weighted by molar-refractivity contribution is 6.31. The normalized spacial score (nSPS) is 19.0. The third kappa shape index (κ3) is 3.15. The molecule has 0 N–H and O–H groups in total. The van der Waals surface area contributed by atoms with Gasteiger partial charge >= 0.3 is 0 Å². The molecule has 5 nitrogen and oxygen atoms in total. The second-order valence-corrected chi connectivity index (χ2v) is 6.48. The maximum absolute atomic E-state index is 6.29.